The molecule has 1 aromatic heterocycles. The fourth-order valence-electron chi connectivity index (χ4n) is 1.75. The normalized spacial score (nSPS) is 11.3. The highest BCUT2D eigenvalue weighted by Crippen LogP contribution is 2.34. The average Bonchev–Trinajstić information content (AvgIpc) is 2.57. The largest absolute Gasteiger partial charge is 0.455 e. The Balaban J connectivity index is 2.61. The lowest BCUT2D eigenvalue weighted by Gasteiger charge is -1.94. The average molecular weight is 373 g/mol. The quantitative estimate of drug-likeness (QED) is 0.509. The van der Waals surface area contributed by atoms with E-state index in [2.05, 4.69) is 56.7 Å². The van der Waals surface area contributed by atoms with Gasteiger partial charge in [-0.15, -0.1) is 0 Å². The first kappa shape index (κ1) is 9.66. The molecule has 0 bridgehead atoms. The van der Waals surface area contributed by atoms with Crippen molar-refractivity contribution in [3.8, 4) is 0 Å². The van der Waals surface area contributed by atoms with Crippen LogP contribution < -0.4 is 0 Å². The van der Waals surface area contributed by atoms with Crippen molar-refractivity contribution in [2.24, 2.45) is 0 Å². The number of benzene rings is 2. The summed E-state index contributed by atoms with van der Waals surface area (Å²) in [6.45, 7) is 0. The highest BCUT2D eigenvalue weighted by molar-refractivity contribution is 14.1. The van der Waals surface area contributed by atoms with Crippen molar-refractivity contribution in [3.63, 3.8) is 0 Å². The lowest BCUT2D eigenvalue weighted by atomic mass is 10.2. The summed E-state index contributed by atoms with van der Waals surface area (Å²) in [5.74, 6) is 0. The van der Waals surface area contributed by atoms with Gasteiger partial charge in [0.1, 0.15) is 11.2 Å². The van der Waals surface area contributed by atoms with Crippen LogP contribution in [0.15, 0.2) is 45.3 Å². The van der Waals surface area contributed by atoms with Gasteiger partial charge in [0.05, 0.1) is 4.47 Å². The van der Waals surface area contributed by atoms with Gasteiger partial charge in [-0.1, -0.05) is 18.2 Å². The highest BCUT2D eigenvalue weighted by atomic mass is 127. The van der Waals surface area contributed by atoms with Gasteiger partial charge in [-0.25, -0.2) is 0 Å². The Labute approximate surface area is 109 Å². The maximum Gasteiger partial charge on any atom is 0.149 e. The zero-order valence-electron chi connectivity index (χ0n) is 7.63. The zero-order chi connectivity index (χ0) is 10.4. The number of para-hydroxylation sites is 1. The van der Waals surface area contributed by atoms with Crippen molar-refractivity contribution in [1.82, 2.24) is 0 Å². The van der Waals surface area contributed by atoms with Crippen molar-refractivity contribution in [1.29, 1.82) is 0 Å². The van der Waals surface area contributed by atoms with Crippen LogP contribution in [-0.2, 0) is 0 Å². The molecule has 15 heavy (non-hydrogen) atoms. The minimum Gasteiger partial charge on any atom is -0.455 e. The Hall–Kier alpha value is -0.550. The zero-order valence-corrected chi connectivity index (χ0v) is 11.4. The maximum absolute atomic E-state index is 5.79. The lowest BCUT2D eigenvalue weighted by Crippen LogP contribution is -1.72. The molecule has 74 valence electrons. The van der Waals surface area contributed by atoms with Crippen LogP contribution in [0.1, 0.15) is 0 Å². The number of hydrogen-bond acceptors (Lipinski definition) is 1. The Kier molecular flexibility index (Phi) is 2.25. The molecule has 0 N–H and O–H groups in total. The van der Waals surface area contributed by atoms with Gasteiger partial charge in [-0.2, -0.15) is 0 Å². The van der Waals surface area contributed by atoms with Crippen LogP contribution in [0, 0.1) is 3.57 Å². The fourth-order valence-corrected chi connectivity index (χ4v) is 3.34. The van der Waals surface area contributed by atoms with Crippen LogP contribution in [0.4, 0.5) is 0 Å². The SMILES string of the molecule is Brc1cc(I)cc2c1oc1ccccc12. The second-order valence-electron chi connectivity index (χ2n) is 3.36. The number of rotatable bonds is 0. The molecule has 0 spiro atoms. The summed E-state index contributed by atoms with van der Waals surface area (Å²) < 4.78 is 8.01. The Morgan fingerprint density at radius 3 is 2.73 bits per heavy atom. The van der Waals surface area contributed by atoms with Crippen LogP contribution in [0.25, 0.3) is 21.9 Å². The van der Waals surface area contributed by atoms with Gasteiger partial charge in [0.15, 0.2) is 0 Å². The summed E-state index contributed by atoms with van der Waals surface area (Å²) in [4.78, 5) is 0. The van der Waals surface area contributed by atoms with E-state index >= 15 is 0 Å². The van der Waals surface area contributed by atoms with Crippen molar-refractivity contribution < 1.29 is 4.42 Å². The van der Waals surface area contributed by atoms with Crippen LogP contribution in [0.3, 0.4) is 0 Å². The third kappa shape index (κ3) is 1.49. The monoisotopic (exact) mass is 372 g/mol. The predicted octanol–water partition coefficient (Wildman–Crippen LogP) is 4.95. The first-order chi connectivity index (χ1) is 7.25. The number of furan rings is 1. The van der Waals surface area contributed by atoms with E-state index in [4.69, 9.17) is 4.42 Å². The third-order valence-electron chi connectivity index (χ3n) is 2.40. The molecule has 0 radical (unpaired) electrons. The molecule has 1 nitrogen and oxygen atoms in total. The van der Waals surface area contributed by atoms with E-state index in [1.165, 1.54) is 14.3 Å². The molecule has 2 aromatic carbocycles. The van der Waals surface area contributed by atoms with Crippen molar-refractivity contribution in [2.45, 2.75) is 0 Å². The van der Waals surface area contributed by atoms with Crippen LogP contribution in [0.2, 0.25) is 0 Å². The van der Waals surface area contributed by atoms with Gasteiger partial charge < -0.3 is 4.42 Å². The molecule has 0 saturated carbocycles. The van der Waals surface area contributed by atoms with Crippen LogP contribution >= 0.6 is 38.5 Å². The molecule has 3 heteroatoms. The molecule has 0 aliphatic rings. The van der Waals surface area contributed by atoms with Gasteiger partial charge in [0.2, 0.25) is 0 Å². The van der Waals surface area contributed by atoms with Crippen LogP contribution in [0.5, 0.6) is 0 Å². The lowest BCUT2D eigenvalue weighted by molar-refractivity contribution is 0.666. The summed E-state index contributed by atoms with van der Waals surface area (Å²) in [6.07, 6.45) is 0. The summed E-state index contributed by atoms with van der Waals surface area (Å²) in [7, 11) is 0. The fraction of sp³-hybridized carbons (Fsp3) is 0. The second-order valence-corrected chi connectivity index (χ2v) is 5.46. The van der Waals surface area contributed by atoms with Gasteiger partial charge >= 0.3 is 0 Å². The molecule has 0 unspecified atom stereocenters. The van der Waals surface area contributed by atoms with E-state index in [-0.39, 0.29) is 0 Å². The summed E-state index contributed by atoms with van der Waals surface area (Å²) >= 11 is 5.84. The number of halogens is 2. The summed E-state index contributed by atoms with van der Waals surface area (Å²) in [5, 5.41) is 2.34. The summed E-state index contributed by atoms with van der Waals surface area (Å²) in [6, 6.07) is 12.3. The standard InChI is InChI=1S/C12H6BrIO/c13-10-6-7(14)5-9-8-3-1-2-4-11(8)15-12(9)10/h1-6H. The summed E-state index contributed by atoms with van der Waals surface area (Å²) in [5.41, 5.74) is 1.87. The molecule has 0 amide bonds. The van der Waals surface area contributed by atoms with E-state index in [0.29, 0.717) is 0 Å². The highest BCUT2D eigenvalue weighted by Gasteiger charge is 2.09. The van der Waals surface area contributed by atoms with E-state index in [1.807, 2.05) is 18.2 Å². The topological polar surface area (TPSA) is 13.1 Å². The Morgan fingerprint density at radius 2 is 1.87 bits per heavy atom. The number of fused-ring (bicyclic) bond motifs is 3. The first-order valence-electron chi connectivity index (χ1n) is 4.52. The van der Waals surface area contributed by atoms with Crippen LogP contribution in [-0.4, -0.2) is 0 Å². The van der Waals surface area contributed by atoms with Gasteiger partial charge in [-0.3, -0.25) is 0 Å². The Morgan fingerprint density at radius 1 is 1.07 bits per heavy atom. The van der Waals surface area contributed by atoms with Gasteiger partial charge in [0.25, 0.3) is 0 Å². The van der Waals surface area contributed by atoms with Gasteiger partial charge in [-0.05, 0) is 56.7 Å². The molecule has 3 rings (SSSR count). The second kappa shape index (κ2) is 3.49. The molecule has 1 heterocycles. The molecule has 0 saturated heterocycles. The van der Waals surface area contributed by atoms with Crippen molar-refractivity contribution >= 4 is 60.5 Å². The van der Waals surface area contributed by atoms with Crippen molar-refractivity contribution in [2.75, 3.05) is 0 Å². The molecule has 0 aliphatic heterocycles. The Bertz CT molecular complexity index is 657. The molecule has 0 atom stereocenters. The minimum atomic E-state index is 0.927. The van der Waals surface area contributed by atoms with Crippen molar-refractivity contribution in [3.05, 3.63) is 44.4 Å². The minimum absolute atomic E-state index is 0.927. The van der Waals surface area contributed by atoms with E-state index < -0.39 is 0 Å². The molecule has 0 aliphatic carbocycles. The molecule has 3 aromatic rings. The smallest absolute Gasteiger partial charge is 0.149 e. The first-order valence-corrected chi connectivity index (χ1v) is 6.39. The number of hydrogen-bond donors (Lipinski definition) is 0. The van der Waals surface area contributed by atoms with E-state index in [0.717, 1.165) is 15.6 Å². The van der Waals surface area contributed by atoms with Gasteiger partial charge in [0, 0.05) is 14.3 Å². The predicted molar refractivity (Wildman–Crippen MR) is 74.1 cm³/mol. The molecule has 0 fully saturated rings. The third-order valence-corrected chi connectivity index (χ3v) is 3.61. The maximum atomic E-state index is 5.79. The molecular weight excluding hydrogens is 367 g/mol. The van der Waals surface area contributed by atoms with E-state index in [9.17, 15) is 0 Å². The van der Waals surface area contributed by atoms with E-state index in [1.54, 1.807) is 0 Å². The molecular formula is C12H6BrIO.